The maximum absolute atomic E-state index is 13.2. The van der Waals surface area contributed by atoms with E-state index in [1.54, 1.807) is 48.2 Å². The first-order valence-electron chi connectivity index (χ1n) is 11.8. The topological polar surface area (TPSA) is 126 Å². The lowest BCUT2D eigenvalue weighted by atomic mass is 9.82. The number of imide groups is 1. The average Bonchev–Trinajstić information content (AvgIpc) is 3.50. The number of aliphatic hydroxyl groups is 1. The summed E-state index contributed by atoms with van der Waals surface area (Å²) in [6, 6.07) is 12.0. The van der Waals surface area contributed by atoms with Crippen LogP contribution in [0.15, 0.2) is 46.9 Å². The van der Waals surface area contributed by atoms with Crippen LogP contribution in [0.4, 0.5) is 0 Å². The van der Waals surface area contributed by atoms with E-state index < -0.39 is 23.3 Å². The molecule has 9 heteroatoms. The van der Waals surface area contributed by atoms with Gasteiger partial charge in [0.25, 0.3) is 5.91 Å². The van der Waals surface area contributed by atoms with Gasteiger partial charge in [-0.1, -0.05) is 18.2 Å². The van der Waals surface area contributed by atoms with E-state index in [1.807, 2.05) is 6.07 Å². The molecular weight excluding hydrogens is 464 g/mol. The number of rotatable bonds is 8. The Kier molecular flexibility index (Phi) is 5.88. The van der Waals surface area contributed by atoms with Crippen LogP contribution >= 0.6 is 0 Å². The molecule has 2 atom stereocenters. The normalized spacial score (nSPS) is 20.1. The largest absolute Gasteiger partial charge is 0.497 e. The molecule has 9 nitrogen and oxygen atoms in total. The van der Waals surface area contributed by atoms with Crippen LogP contribution in [0.1, 0.15) is 58.2 Å². The molecule has 3 amide bonds. The molecule has 2 N–H and O–H groups in total. The third kappa shape index (κ3) is 4.05. The SMILES string of the molecule is COc1ccc2c(c1)C(=O)N(C[C@@]1(c3cc4ccc(C(=O)CC[C@@H](C)O)cc4o3)CC(=O)NC1=O)C2. The van der Waals surface area contributed by atoms with Crippen molar-refractivity contribution in [1.82, 2.24) is 10.2 Å². The average molecular weight is 491 g/mol. The number of aliphatic hydroxyl groups excluding tert-OH is 1. The van der Waals surface area contributed by atoms with Gasteiger partial charge in [0, 0.05) is 36.0 Å². The smallest absolute Gasteiger partial charge is 0.254 e. The first-order valence-corrected chi connectivity index (χ1v) is 11.8. The summed E-state index contributed by atoms with van der Waals surface area (Å²) in [6.45, 7) is 1.88. The minimum atomic E-state index is -1.39. The summed E-state index contributed by atoms with van der Waals surface area (Å²) in [7, 11) is 1.52. The highest BCUT2D eigenvalue weighted by Crippen LogP contribution is 2.39. The fourth-order valence-corrected chi connectivity index (χ4v) is 4.90. The highest BCUT2D eigenvalue weighted by molar-refractivity contribution is 6.10. The Labute approximate surface area is 207 Å². The van der Waals surface area contributed by atoms with Gasteiger partial charge in [0.2, 0.25) is 11.8 Å². The van der Waals surface area contributed by atoms with E-state index in [-0.39, 0.29) is 36.8 Å². The Morgan fingerprint density at radius 3 is 2.69 bits per heavy atom. The van der Waals surface area contributed by atoms with E-state index in [9.17, 15) is 24.3 Å². The van der Waals surface area contributed by atoms with Crippen LogP contribution in [0.25, 0.3) is 11.0 Å². The van der Waals surface area contributed by atoms with E-state index in [0.29, 0.717) is 40.8 Å². The van der Waals surface area contributed by atoms with Crippen molar-refractivity contribution >= 4 is 34.5 Å². The number of carbonyl (C=O) groups is 4. The Morgan fingerprint density at radius 2 is 2.00 bits per heavy atom. The third-order valence-electron chi connectivity index (χ3n) is 6.91. The summed E-state index contributed by atoms with van der Waals surface area (Å²) >= 11 is 0. The Morgan fingerprint density at radius 1 is 1.19 bits per heavy atom. The highest BCUT2D eigenvalue weighted by atomic mass is 16.5. The summed E-state index contributed by atoms with van der Waals surface area (Å²) < 4.78 is 11.3. The van der Waals surface area contributed by atoms with Crippen molar-refractivity contribution in [2.75, 3.05) is 13.7 Å². The third-order valence-corrected chi connectivity index (χ3v) is 6.91. The number of carbonyl (C=O) groups excluding carboxylic acids is 4. The van der Waals surface area contributed by atoms with Crippen LogP contribution in [0.3, 0.4) is 0 Å². The number of ether oxygens (including phenoxy) is 1. The number of methoxy groups -OCH3 is 1. The van der Waals surface area contributed by atoms with E-state index >= 15 is 0 Å². The predicted octanol–water partition coefficient (Wildman–Crippen LogP) is 2.73. The molecule has 1 aromatic heterocycles. The van der Waals surface area contributed by atoms with Crippen molar-refractivity contribution in [3.63, 3.8) is 0 Å². The first kappa shape index (κ1) is 23.7. The second-order valence-electron chi connectivity index (χ2n) is 9.49. The fourth-order valence-electron chi connectivity index (χ4n) is 4.90. The molecule has 2 aliphatic rings. The number of fused-ring (bicyclic) bond motifs is 2. The summed E-state index contributed by atoms with van der Waals surface area (Å²) in [6.07, 6.45) is -0.189. The lowest BCUT2D eigenvalue weighted by Gasteiger charge is -2.28. The maximum Gasteiger partial charge on any atom is 0.254 e. The van der Waals surface area contributed by atoms with Crippen LogP contribution in [0.5, 0.6) is 5.75 Å². The molecule has 2 aromatic carbocycles. The first-order chi connectivity index (χ1) is 17.2. The molecule has 1 fully saturated rings. The van der Waals surface area contributed by atoms with Crippen LogP contribution < -0.4 is 10.1 Å². The van der Waals surface area contributed by atoms with Crippen molar-refractivity contribution in [2.45, 2.75) is 44.2 Å². The number of hydrogen-bond acceptors (Lipinski definition) is 7. The van der Waals surface area contributed by atoms with Crippen molar-refractivity contribution in [1.29, 1.82) is 0 Å². The van der Waals surface area contributed by atoms with Gasteiger partial charge in [0.1, 0.15) is 22.5 Å². The zero-order valence-corrected chi connectivity index (χ0v) is 20.0. The van der Waals surface area contributed by atoms with Gasteiger partial charge in [0.05, 0.1) is 19.6 Å². The minimum Gasteiger partial charge on any atom is -0.497 e. The van der Waals surface area contributed by atoms with Crippen LogP contribution in [-0.2, 0) is 21.5 Å². The maximum atomic E-state index is 13.2. The van der Waals surface area contributed by atoms with Crippen molar-refractivity contribution in [2.24, 2.45) is 0 Å². The van der Waals surface area contributed by atoms with Gasteiger partial charge in [0.15, 0.2) is 5.78 Å². The van der Waals surface area contributed by atoms with Gasteiger partial charge in [-0.25, -0.2) is 0 Å². The van der Waals surface area contributed by atoms with Gasteiger partial charge in [-0.15, -0.1) is 0 Å². The predicted molar refractivity (Wildman–Crippen MR) is 129 cm³/mol. The summed E-state index contributed by atoms with van der Waals surface area (Å²) in [5.41, 5.74) is 0.753. The molecule has 0 bridgehead atoms. The molecule has 3 aromatic rings. The minimum absolute atomic E-state index is 0.0413. The number of nitrogens with one attached hydrogen (secondary N) is 1. The summed E-state index contributed by atoms with van der Waals surface area (Å²) in [5.74, 6) is -0.534. The van der Waals surface area contributed by atoms with Gasteiger partial charge >= 0.3 is 0 Å². The monoisotopic (exact) mass is 490 g/mol. The van der Waals surface area contributed by atoms with E-state index in [0.717, 1.165) is 5.56 Å². The number of ketones is 1. The molecule has 0 aliphatic carbocycles. The zero-order valence-electron chi connectivity index (χ0n) is 20.0. The number of furan rings is 1. The van der Waals surface area contributed by atoms with Crippen molar-refractivity contribution < 1.29 is 33.4 Å². The van der Waals surface area contributed by atoms with E-state index in [2.05, 4.69) is 5.32 Å². The molecule has 5 rings (SSSR count). The second kappa shape index (κ2) is 8.91. The molecule has 1 saturated heterocycles. The summed E-state index contributed by atoms with van der Waals surface area (Å²) in [4.78, 5) is 52.7. The molecular formula is C27H26N2O7. The molecule has 0 radical (unpaired) electrons. The second-order valence-corrected chi connectivity index (χ2v) is 9.49. The summed E-state index contributed by atoms with van der Waals surface area (Å²) in [5, 5.41) is 12.5. The lowest BCUT2D eigenvalue weighted by molar-refractivity contribution is -0.127. The van der Waals surface area contributed by atoms with Crippen LogP contribution in [-0.4, -0.2) is 53.3 Å². The Bertz CT molecular complexity index is 1410. The molecule has 0 saturated carbocycles. The number of hydrogen-bond donors (Lipinski definition) is 2. The fraction of sp³-hybridized carbons (Fsp3) is 0.333. The highest BCUT2D eigenvalue weighted by Gasteiger charge is 2.53. The number of amides is 3. The van der Waals surface area contributed by atoms with Gasteiger partial charge in [-0.2, -0.15) is 0 Å². The molecule has 2 aliphatic heterocycles. The lowest BCUT2D eigenvalue weighted by Crippen LogP contribution is -2.46. The van der Waals surface area contributed by atoms with E-state index in [4.69, 9.17) is 9.15 Å². The van der Waals surface area contributed by atoms with E-state index in [1.165, 1.54) is 7.11 Å². The van der Waals surface area contributed by atoms with Crippen molar-refractivity contribution in [3.8, 4) is 5.75 Å². The quantitative estimate of drug-likeness (QED) is 0.367. The molecule has 0 unspecified atom stereocenters. The molecule has 0 spiro atoms. The number of nitrogens with zero attached hydrogens (tertiary/aromatic N) is 1. The van der Waals surface area contributed by atoms with Crippen LogP contribution in [0.2, 0.25) is 0 Å². The van der Waals surface area contributed by atoms with Crippen molar-refractivity contribution in [3.05, 3.63) is 64.9 Å². The number of Topliss-reactive ketones (excluding diaryl/α,β-unsaturated/α-hetero) is 1. The Balaban J connectivity index is 1.48. The Hall–Kier alpha value is -3.98. The van der Waals surface area contributed by atoms with Crippen LogP contribution in [0, 0.1) is 0 Å². The van der Waals surface area contributed by atoms with Gasteiger partial charge in [-0.3, -0.25) is 24.5 Å². The zero-order chi connectivity index (χ0) is 25.6. The molecule has 3 heterocycles. The van der Waals surface area contributed by atoms with Gasteiger partial charge < -0.3 is 19.2 Å². The molecule has 36 heavy (non-hydrogen) atoms. The number of benzene rings is 2. The standard InChI is InChI=1S/C27H26N2O7/c1-15(30)3-8-21(31)16-4-5-17-10-23(36-22(17)9-16)27(12-24(32)28-26(27)34)14-29-13-18-6-7-19(35-2)11-20(18)25(29)33/h4-7,9-11,15,30H,3,8,12-14H2,1-2H3,(H,28,32,34)/t15-,27-/m1/s1. The molecule has 186 valence electrons. The van der Waals surface area contributed by atoms with Gasteiger partial charge in [-0.05, 0) is 43.2 Å².